The molecule has 0 aliphatic carbocycles. The molecule has 2 rings (SSSR count). The average Bonchev–Trinajstić information content (AvgIpc) is 2.80. The average molecular weight is 216 g/mol. The molecule has 5 heteroatoms. The van der Waals surface area contributed by atoms with E-state index in [1.807, 2.05) is 30.3 Å². The molecule has 1 unspecified atom stereocenters. The SMILES string of the molecule is CC(=O)CC(c1ccccc1)c1nn[nH]n1. The van der Waals surface area contributed by atoms with Crippen LogP contribution >= 0.6 is 0 Å². The van der Waals surface area contributed by atoms with Crippen molar-refractivity contribution in [3.8, 4) is 0 Å². The standard InChI is InChI=1S/C11H12N4O/c1-8(16)7-10(11-12-14-15-13-11)9-5-3-2-4-6-9/h2-6,10H,7H2,1H3,(H,12,13,14,15). The molecule has 0 saturated carbocycles. The van der Waals surface area contributed by atoms with Gasteiger partial charge in [0.1, 0.15) is 5.78 Å². The van der Waals surface area contributed by atoms with Crippen molar-refractivity contribution < 1.29 is 4.79 Å². The van der Waals surface area contributed by atoms with Crippen LogP contribution in [0.15, 0.2) is 30.3 Å². The molecule has 0 radical (unpaired) electrons. The summed E-state index contributed by atoms with van der Waals surface area (Å²) in [5.41, 5.74) is 1.03. The number of hydrogen-bond donors (Lipinski definition) is 1. The number of tetrazole rings is 1. The van der Waals surface area contributed by atoms with Gasteiger partial charge in [-0.25, -0.2) is 0 Å². The lowest BCUT2D eigenvalue weighted by molar-refractivity contribution is -0.117. The third-order valence-electron chi connectivity index (χ3n) is 2.37. The molecule has 0 amide bonds. The highest BCUT2D eigenvalue weighted by molar-refractivity contribution is 5.76. The highest BCUT2D eigenvalue weighted by Crippen LogP contribution is 2.24. The summed E-state index contributed by atoms with van der Waals surface area (Å²) in [5, 5.41) is 13.8. The van der Waals surface area contributed by atoms with Gasteiger partial charge in [-0.05, 0) is 12.5 Å². The second kappa shape index (κ2) is 4.65. The summed E-state index contributed by atoms with van der Waals surface area (Å²) >= 11 is 0. The van der Waals surface area contributed by atoms with E-state index in [-0.39, 0.29) is 11.7 Å². The molecule has 2 aromatic rings. The Kier molecular flexibility index (Phi) is 3.05. The van der Waals surface area contributed by atoms with Crippen LogP contribution in [0.2, 0.25) is 0 Å². The van der Waals surface area contributed by atoms with Crippen LogP contribution in [0.5, 0.6) is 0 Å². The van der Waals surface area contributed by atoms with Crippen LogP contribution in [-0.4, -0.2) is 26.4 Å². The first-order chi connectivity index (χ1) is 7.77. The normalized spacial score (nSPS) is 12.3. The van der Waals surface area contributed by atoms with Crippen LogP contribution in [0.25, 0.3) is 0 Å². The topological polar surface area (TPSA) is 71.5 Å². The van der Waals surface area contributed by atoms with Crippen LogP contribution in [0, 0.1) is 0 Å². The number of carbonyl (C=O) groups is 1. The van der Waals surface area contributed by atoms with Crippen LogP contribution in [0.3, 0.4) is 0 Å². The third kappa shape index (κ3) is 2.31. The Hall–Kier alpha value is -2.04. The number of nitrogens with one attached hydrogen (secondary N) is 1. The predicted molar refractivity (Wildman–Crippen MR) is 57.8 cm³/mol. The van der Waals surface area contributed by atoms with Crippen molar-refractivity contribution in [1.29, 1.82) is 0 Å². The molecule has 1 heterocycles. The summed E-state index contributed by atoms with van der Waals surface area (Å²) in [7, 11) is 0. The first-order valence-electron chi connectivity index (χ1n) is 5.05. The van der Waals surface area contributed by atoms with E-state index in [1.165, 1.54) is 0 Å². The Labute approximate surface area is 92.9 Å². The fourth-order valence-corrected chi connectivity index (χ4v) is 1.65. The summed E-state index contributed by atoms with van der Waals surface area (Å²) < 4.78 is 0. The van der Waals surface area contributed by atoms with Gasteiger partial charge in [0, 0.05) is 6.42 Å². The zero-order valence-corrected chi connectivity index (χ0v) is 8.92. The summed E-state index contributed by atoms with van der Waals surface area (Å²) in [5.74, 6) is 0.553. The van der Waals surface area contributed by atoms with Crippen molar-refractivity contribution in [3.63, 3.8) is 0 Å². The van der Waals surface area contributed by atoms with Gasteiger partial charge in [-0.3, -0.25) is 4.79 Å². The predicted octanol–water partition coefficient (Wildman–Crippen LogP) is 1.31. The van der Waals surface area contributed by atoms with Crippen LogP contribution in [0.1, 0.15) is 30.7 Å². The maximum Gasteiger partial charge on any atom is 0.182 e. The quantitative estimate of drug-likeness (QED) is 0.836. The lowest BCUT2D eigenvalue weighted by Crippen LogP contribution is -2.08. The number of aromatic nitrogens is 4. The van der Waals surface area contributed by atoms with Crippen LogP contribution < -0.4 is 0 Å². The van der Waals surface area contributed by atoms with Crippen molar-refractivity contribution in [2.75, 3.05) is 0 Å². The van der Waals surface area contributed by atoms with Crippen molar-refractivity contribution >= 4 is 5.78 Å². The third-order valence-corrected chi connectivity index (χ3v) is 2.37. The first-order valence-corrected chi connectivity index (χ1v) is 5.05. The van der Waals surface area contributed by atoms with E-state index in [9.17, 15) is 4.79 Å². The molecule has 82 valence electrons. The minimum absolute atomic E-state index is 0.110. The summed E-state index contributed by atoms with van der Waals surface area (Å²) in [4.78, 5) is 11.2. The van der Waals surface area contributed by atoms with E-state index in [1.54, 1.807) is 6.92 Å². The van der Waals surface area contributed by atoms with Gasteiger partial charge in [0.15, 0.2) is 5.82 Å². The van der Waals surface area contributed by atoms with Gasteiger partial charge in [-0.1, -0.05) is 35.5 Å². The van der Waals surface area contributed by atoms with Crippen LogP contribution in [0.4, 0.5) is 0 Å². The Morgan fingerprint density at radius 2 is 2.12 bits per heavy atom. The number of ketones is 1. The number of carbonyl (C=O) groups excluding carboxylic acids is 1. The first kappa shape index (κ1) is 10.5. The Bertz CT molecular complexity index is 452. The second-order valence-corrected chi connectivity index (χ2v) is 3.64. The Morgan fingerprint density at radius 1 is 1.38 bits per heavy atom. The van der Waals surface area contributed by atoms with E-state index in [2.05, 4.69) is 20.6 Å². The highest BCUT2D eigenvalue weighted by Gasteiger charge is 2.19. The maximum atomic E-state index is 11.2. The van der Waals surface area contributed by atoms with Gasteiger partial charge < -0.3 is 0 Å². The van der Waals surface area contributed by atoms with Crippen molar-refractivity contribution in [2.24, 2.45) is 0 Å². The maximum absolute atomic E-state index is 11.2. The number of Topliss-reactive ketones (excluding diaryl/α,β-unsaturated/α-hetero) is 1. The van der Waals surface area contributed by atoms with E-state index in [4.69, 9.17) is 0 Å². The monoisotopic (exact) mass is 216 g/mol. The Morgan fingerprint density at radius 3 is 2.69 bits per heavy atom. The molecule has 1 atom stereocenters. The zero-order chi connectivity index (χ0) is 11.4. The lowest BCUT2D eigenvalue weighted by Gasteiger charge is -2.11. The minimum atomic E-state index is -0.113. The summed E-state index contributed by atoms with van der Waals surface area (Å²) in [6.45, 7) is 1.57. The van der Waals surface area contributed by atoms with Crippen molar-refractivity contribution in [2.45, 2.75) is 19.3 Å². The van der Waals surface area contributed by atoms with Gasteiger partial charge in [0.25, 0.3) is 0 Å². The number of benzene rings is 1. The summed E-state index contributed by atoms with van der Waals surface area (Å²) in [6, 6.07) is 9.73. The Balaban J connectivity index is 2.32. The molecule has 0 aliphatic heterocycles. The smallest absolute Gasteiger partial charge is 0.182 e. The fraction of sp³-hybridized carbons (Fsp3) is 0.273. The molecule has 1 aromatic carbocycles. The van der Waals surface area contributed by atoms with Crippen molar-refractivity contribution in [3.05, 3.63) is 41.7 Å². The largest absolute Gasteiger partial charge is 0.300 e. The molecule has 0 spiro atoms. The van der Waals surface area contributed by atoms with E-state index in [0.717, 1.165) is 5.56 Å². The number of rotatable bonds is 4. The van der Waals surface area contributed by atoms with Gasteiger partial charge in [-0.15, -0.1) is 10.2 Å². The number of nitrogens with zero attached hydrogens (tertiary/aromatic N) is 3. The highest BCUT2D eigenvalue weighted by atomic mass is 16.1. The molecule has 0 saturated heterocycles. The number of aromatic amines is 1. The van der Waals surface area contributed by atoms with E-state index < -0.39 is 0 Å². The number of hydrogen-bond acceptors (Lipinski definition) is 4. The molecule has 0 fully saturated rings. The molecule has 0 bridgehead atoms. The molecule has 1 aromatic heterocycles. The fourth-order valence-electron chi connectivity index (χ4n) is 1.65. The van der Waals surface area contributed by atoms with Gasteiger partial charge in [0.2, 0.25) is 0 Å². The van der Waals surface area contributed by atoms with Crippen LogP contribution in [-0.2, 0) is 4.79 Å². The van der Waals surface area contributed by atoms with Gasteiger partial charge in [-0.2, -0.15) is 5.21 Å². The lowest BCUT2D eigenvalue weighted by atomic mass is 9.93. The molecule has 1 N–H and O–H groups in total. The zero-order valence-electron chi connectivity index (χ0n) is 8.92. The molecule has 16 heavy (non-hydrogen) atoms. The van der Waals surface area contributed by atoms with Gasteiger partial charge >= 0.3 is 0 Å². The molecular weight excluding hydrogens is 204 g/mol. The number of H-pyrrole nitrogens is 1. The molecule has 5 nitrogen and oxygen atoms in total. The minimum Gasteiger partial charge on any atom is -0.300 e. The molecular formula is C11H12N4O. The van der Waals surface area contributed by atoms with Gasteiger partial charge in [0.05, 0.1) is 5.92 Å². The summed E-state index contributed by atoms with van der Waals surface area (Å²) in [6.07, 6.45) is 0.392. The van der Waals surface area contributed by atoms with E-state index in [0.29, 0.717) is 12.2 Å². The molecule has 0 aliphatic rings. The van der Waals surface area contributed by atoms with Crippen molar-refractivity contribution in [1.82, 2.24) is 20.6 Å². The van der Waals surface area contributed by atoms with E-state index >= 15 is 0 Å². The second-order valence-electron chi connectivity index (χ2n) is 3.64.